The Kier molecular flexibility index (Phi) is 4.23. The number of alkyl halides is 4. The number of carboxylic acids is 1. The van der Waals surface area contributed by atoms with Crippen LogP contribution in [0.4, 0.5) is 13.2 Å². The second-order valence-electron chi connectivity index (χ2n) is 2.96. The van der Waals surface area contributed by atoms with E-state index in [1.165, 1.54) is 0 Å². The third-order valence-electron chi connectivity index (χ3n) is 1.85. The van der Waals surface area contributed by atoms with Gasteiger partial charge in [-0.05, 0) is 0 Å². The van der Waals surface area contributed by atoms with E-state index in [4.69, 9.17) is 16.7 Å². The number of carboxylic acid groups (broad SMARTS) is 1. The van der Waals surface area contributed by atoms with Crippen molar-refractivity contribution in [1.82, 2.24) is 4.98 Å². The van der Waals surface area contributed by atoms with Crippen molar-refractivity contribution < 1.29 is 32.5 Å². The molecule has 0 aliphatic heterocycles. The molecule has 0 radical (unpaired) electrons. The molecule has 18 heavy (non-hydrogen) atoms. The smallest absolute Gasteiger partial charge is 0.492 e. The molecule has 0 spiro atoms. The highest BCUT2D eigenvalue weighted by Gasteiger charge is 2.34. The van der Waals surface area contributed by atoms with Gasteiger partial charge in [-0.15, -0.1) is 24.8 Å². The molecule has 0 amide bonds. The number of methoxy groups -OCH3 is 1. The predicted octanol–water partition coefficient (Wildman–Crippen LogP) is 2.43. The van der Waals surface area contributed by atoms with Crippen molar-refractivity contribution >= 4 is 17.6 Å². The lowest BCUT2D eigenvalue weighted by molar-refractivity contribution is -0.275. The van der Waals surface area contributed by atoms with Gasteiger partial charge in [0.25, 0.3) is 0 Å². The Labute approximate surface area is 104 Å². The van der Waals surface area contributed by atoms with Crippen LogP contribution in [0.15, 0.2) is 6.20 Å². The van der Waals surface area contributed by atoms with Gasteiger partial charge in [-0.1, -0.05) is 0 Å². The molecule has 1 aromatic rings. The van der Waals surface area contributed by atoms with Crippen LogP contribution in [-0.2, 0) is 5.88 Å². The van der Waals surface area contributed by atoms with Gasteiger partial charge in [-0.2, -0.15) is 0 Å². The maximum atomic E-state index is 12.1. The summed E-state index contributed by atoms with van der Waals surface area (Å²) in [5, 5.41) is 8.92. The second-order valence-corrected chi connectivity index (χ2v) is 3.23. The first kappa shape index (κ1) is 14.4. The summed E-state index contributed by atoms with van der Waals surface area (Å²) < 4.78 is 44.5. The highest BCUT2D eigenvalue weighted by atomic mass is 35.5. The molecule has 0 unspecified atom stereocenters. The van der Waals surface area contributed by atoms with E-state index in [1.807, 2.05) is 0 Å². The topological polar surface area (TPSA) is 68.7 Å². The minimum Gasteiger partial charge on any atom is -0.492 e. The van der Waals surface area contributed by atoms with E-state index >= 15 is 0 Å². The van der Waals surface area contributed by atoms with Crippen molar-refractivity contribution in [2.45, 2.75) is 12.2 Å². The first-order valence-corrected chi connectivity index (χ1v) is 4.94. The van der Waals surface area contributed by atoms with Crippen LogP contribution in [0.1, 0.15) is 16.1 Å². The molecular formula is C9H7ClF3NO4. The minimum atomic E-state index is -4.98. The molecule has 1 N–H and O–H groups in total. The number of carbonyl (C=O) groups is 1. The fraction of sp³-hybridized carbons (Fsp3) is 0.333. The van der Waals surface area contributed by atoms with Gasteiger partial charge in [0.2, 0.25) is 0 Å². The van der Waals surface area contributed by atoms with Crippen molar-refractivity contribution in [2.24, 2.45) is 0 Å². The van der Waals surface area contributed by atoms with Gasteiger partial charge in [0, 0.05) is 0 Å². The van der Waals surface area contributed by atoms with E-state index < -0.39 is 29.4 Å². The Morgan fingerprint density at radius 2 is 2.17 bits per heavy atom. The van der Waals surface area contributed by atoms with E-state index in [9.17, 15) is 18.0 Å². The van der Waals surface area contributed by atoms with Gasteiger partial charge in [0.05, 0.1) is 24.9 Å². The van der Waals surface area contributed by atoms with Crippen molar-refractivity contribution in [3.05, 3.63) is 17.5 Å². The number of ether oxygens (including phenoxy) is 2. The third kappa shape index (κ3) is 3.16. The average molecular weight is 286 g/mol. The molecule has 0 aliphatic carbocycles. The van der Waals surface area contributed by atoms with Gasteiger partial charge < -0.3 is 14.6 Å². The zero-order valence-electron chi connectivity index (χ0n) is 8.92. The third-order valence-corrected chi connectivity index (χ3v) is 2.10. The van der Waals surface area contributed by atoms with Gasteiger partial charge >= 0.3 is 12.3 Å². The van der Waals surface area contributed by atoms with Gasteiger partial charge in [-0.25, -0.2) is 4.79 Å². The fourth-order valence-corrected chi connectivity index (χ4v) is 1.44. The molecule has 1 aromatic heterocycles. The van der Waals surface area contributed by atoms with Crippen LogP contribution >= 0.6 is 11.6 Å². The molecule has 0 bridgehead atoms. The summed E-state index contributed by atoms with van der Waals surface area (Å²) in [6.45, 7) is 0. The molecule has 9 heteroatoms. The number of hydrogen-bond donors (Lipinski definition) is 1. The quantitative estimate of drug-likeness (QED) is 0.861. The standard InChI is InChI=1S/C9H7ClF3NO4/c1-17-7-5(18-9(11,12)13)3-14-4(2-10)6(7)8(15)16/h3H,2H2,1H3,(H,15,16). The number of nitrogens with zero attached hydrogens (tertiary/aromatic N) is 1. The zero-order valence-corrected chi connectivity index (χ0v) is 9.67. The Bertz CT molecular complexity index is 464. The molecule has 0 aliphatic rings. The summed E-state index contributed by atoms with van der Waals surface area (Å²) >= 11 is 5.45. The Morgan fingerprint density at radius 3 is 2.56 bits per heavy atom. The molecule has 0 atom stereocenters. The minimum absolute atomic E-state index is 0.115. The van der Waals surface area contributed by atoms with Crippen LogP contribution in [0.25, 0.3) is 0 Å². The number of hydrogen-bond acceptors (Lipinski definition) is 4. The van der Waals surface area contributed by atoms with E-state index in [1.54, 1.807) is 0 Å². The summed E-state index contributed by atoms with van der Waals surface area (Å²) in [5.41, 5.74) is -0.676. The van der Waals surface area contributed by atoms with E-state index in [0.29, 0.717) is 6.20 Å². The molecule has 100 valence electrons. The van der Waals surface area contributed by atoms with Crippen LogP contribution in [0.2, 0.25) is 0 Å². The highest BCUT2D eigenvalue weighted by Crippen LogP contribution is 2.36. The number of rotatable bonds is 4. The molecule has 0 saturated heterocycles. The molecule has 0 saturated carbocycles. The van der Waals surface area contributed by atoms with Gasteiger partial charge in [0.15, 0.2) is 11.5 Å². The lowest BCUT2D eigenvalue weighted by Gasteiger charge is -2.15. The SMILES string of the molecule is COc1c(OC(F)(F)F)cnc(CCl)c1C(=O)O. The largest absolute Gasteiger partial charge is 0.573 e. The highest BCUT2D eigenvalue weighted by molar-refractivity contribution is 6.17. The first-order chi connectivity index (χ1) is 8.30. The molecule has 1 rings (SSSR count). The van der Waals surface area contributed by atoms with Gasteiger partial charge in [-0.3, -0.25) is 4.98 Å². The van der Waals surface area contributed by atoms with Crippen molar-refractivity contribution in [3.8, 4) is 11.5 Å². The van der Waals surface area contributed by atoms with E-state index in [2.05, 4.69) is 14.5 Å². The predicted molar refractivity (Wildman–Crippen MR) is 54.0 cm³/mol. The molecule has 1 heterocycles. The lowest BCUT2D eigenvalue weighted by Crippen LogP contribution is -2.19. The molecule has 5 nitrogen and oxygen atoms in total. The molecular weight excluding hydrogens is 279 g/mol. The summed E-state index contributed by atoms with van der Waals surface area (Å²) in [6.07, 6.45) is -4.27. The monoisotopic (exact) mass is 285 g/mol. The first-order valence-electron chi connectivity index (χ1n) is 4.41. The normalized spacial score (nSPS) is 11.2. The molecule has 0 aromatic carbocycles. The van der Waals surface area contributed by atoms with E-state index in [-0.39, 0.29) is 11.6 Å². The number of halogens is 4. The van der Waals surface area contributed by atoms with Crippen LogP contribution in [-0.4, -0.2) is 29.5 Å². The summed E-state index contributed by atoms with van der Waals surface area (Å²) in [6, 6.07) is 0. The maximum absolute atomic E-state index is 12.1. The van der Waals surface area contributed by atoms with Crippen LogP contribution in [0, 0.1) is 0 Å². The zero-order chi connectivity index (χ0) is 13.9. The summed E-state index contributed by atoms with van der Waals surface area (Å²) in [5.74, 6) is -3.21. The van der Waals surface area contributed by atoms with Crippen LogP contribution < -0.4 is 9.47 Å². The van der Waals surface area contributed by atoms with E-state index in [0.717, 1.165) is 7.11 Å². The second kappa shape index (κ2) is 5.30. The van der Waals surface area contributed by atoms with Crippen LogP contribution in [0.3, 0.4) is 0 Å². The average Bonchev–Trinajstić information content (AvgIpc) is 2.26. The lowest BCUT2D eigenvalue weighted by atomic mass is 10.2. The van der Waals surface area contributed by atoms with Crippen molar-refractivity contribution in [3.63, 3.8) is 0 Å². The van der Waals surface area contributed by atoms with Crippen molar-refractivity contribution in [1.29, 1.82) is 0 Å². The van der Waals surface area contributed by atoms with Gasteiger partial charge in [0.1, 0.15) is 5.56 Å². The maximum Gasteiger partial charge on any atom is 0.573 e. The summed E-state index contributed by atoms with van der Waals surface area (Å²) in [7, 11) is 1.02. The number of pyridine rings is 1. The number of aromatic carboxylic acids is 1. The fourth-order valence-electron chi connectivity index (χ4n) is 1.24. The Hall–Kier alpha value is -1.70. The van der Waals surface area contributed by atoms with Crippen LogP contribution in [0.5, 0.6) is 11.5 Å². The van der Waals surface area contributed by atoms with Crippen molar-refractivity contribution in [2.75, 3.05) is 7.11 Å². The summed E-state index contributed by atoms with van der Waals surface area (Å²) in [4.78, 5) is 14.5. The Morgan fingerprint density at radius 1 is 1.56 bits per heavy atom. The Balaban J connectivity index is 3.38. The molecule has 0 fully saturated rings. The number of aromatic nitrogens is 1.